The highest BCUT2D eigenvalue weighted by atomic mass is 31.2. The van der Waals surface area contributed by atoms with Crippen molar-refractivity contribution in [2.45, 2.75) is 200 Å². The van der Waals surface area contributed by atoms with Gasteiger partial charge in [0, 0.05) is 19.3 Å². The van der Waals surface area contributed by atoms with E-state index in [4.69, 9.17) is 23.3 Å². The van der Waals surface area contributed by atoms with Gasteiger partial charge in [0.15, 0.2) is 6.10 Å². The minimum Gasteiger partial charge on any atom is -0.462 e. The first-order chi connectivity index (χ1) is 34.2. The van der Waals surface area contributed by atoms with Crippen LogP contribution in [0.3, 0.4) is 0 Å². The van der Waals surface area contributed by atoms with Gasteiger partial charge < -0.3 is 24.2 Å². The summed E-state index contributed by atoms with van der Waals surface area (Å²) in [4.78, 5) is 48.3. The Balaban J connectivity index is 4.93. The highest BCUT2D eigenvalue weighted by molar-refractivity contribution is 7.47. The Morgan fingerprint density at radius 1 is 0.414 bits per heavy atom. The number of phosphoric ester groups is 1. The molecule has 0 heterocycles. The Bertz CT molecular complexity index is 1630. The van der Waals surface area contributed by atoms with E-state index in [-0.39, 0.29) is 19.3 Å². The van der Waals surface area contributed by atoms with Crippen molar-refractivity contribution in [1.29, 1.82) is 0 Å². The van der Waals surface area contributed by atoms with E-state index < -0.39 is 64.4 Å². The van der Waals surface area contributed by atoms with Crippen molar-refractivity contribution in [2.24, 2.45) is 0 Å². The van der Waals surface area contributed by atoms with Gasteiger partial charge in [0.1, 0.15) is 12.7 Å². The van der Waals surface area contributed by atoms with E-state index >= 15 is 0 Å². The summed E-state index contributed by atoms with van der Waals surface area (Å²) in [5.41, 5.74) is 0. The van der Waals surface area contributed by atoms with Gasteiger partial charge in [-0.25, -0.2) is 4.57 Å². The molecule has 12 heteroatoms. The number of ether oxygens (including phenoxy) is 3. The highest BCUT2D eigenvalue weighted by Crippen LogP contribution is 2.43. The number of allylic oxidation sites excluding steroid dienone is 20. The fourth-order valence-corrected chi connectivity index (χ4v) is 7.18. The fourth-order valence-electron chi connectivity index (χ4n) is 6.40. The summed E-state index contributed by atoms with van der Waals surface area (Å²) in [6, 6.07) is 0. The molecule has 0 aromatic heterocycles. The lowest BCUT2D eigenvalue weighted by Gasteiger charge is -2.21. The molecule has 0 spiro atoms. The van der Waals surface area contributed by atoms with Crippen LogP contribution in [0.1, 0.15) is 188 Å². The summed E-state index contributed by atoms with van der Waals surface area (Å²) in [6.45, 7) is 4.20. The van der Waals surface area contributed by atoms with Crippen molar-refractivity contribution in [1.82, 2.24) is 0 Å². The summed E-state index contributed by atoms with van der Waals surface area (Å²) in [6.07, 6.45) is 61.9. The molecular weight excluding hydrogens is 904 g/mol. The molecule has 3 unspecified atom stereocenters. The van der Waals surface area contributed by atoms with Crippen molar-refractivity contribution in [3.05, 3.63) is 122 Å². The van der Waals surface area contributed by atoms with Crippen molar-refractivity contribution in [3.8, 4) is 0 Å². The predicted molar refractivity (Wildman–Crippen MR) is 288 cm³/mol. The molecule has 0 fully saturated rings. The lowest BCUT2D eigenvalue weighted by molar-refractivity contribution is -0.161. The van der Waals surface area contributed by atoms with Gasteiger partial charge in [-0.15, -0.1) is 0 Å². The number of carbonyl (C=O) groups is 3. The molecule has 0 aromatic carbocycles. The van der Waals surface area contributed by atoms with Crippen LogP contribution >= 0.6 is 7.82 Å². The van der Waals surface area contributed by atoms with Gasteiger partial charge in [-0.05, 0) is 109 Å². The minimum atomic E-state index is -4.78. The Hall–Kier alpha value is -4.12. The van der Waals surface area contributed by atoms with E-state index in [1.807, 2.05) is 24.3 Å². The summed E-state index contributed by atoms with van der Waals surface area (Å²) in [5.74, 6) is -1.66. The third-order valence-electron chi connectivity index (χ3n) is 10.4. The Labute approximate surface area is 424 Å². The molecule has 0 rings (SSSR count). The third-order valence-corrected chi connectivity index (χ3v) is 11.3. The van der Waals surface area contributed by atoms with Crippen LogP contribution in [-0.4, -0.2) is 66.5 Å². The second-order valence-corrected chi connectivity index (χ2v) is 18.4. The monoisotopic (exact) mass is 997 g/mol. The number of aliphatic hydroxyl groups is 1. The average Bonchev–Trinajstić information content (AvgIpc) is 3.35. The molecule has 2 N–H and O–H groups in total. The lowest BCUT2D eigenvalue weighted by Crippen LogP contribution is -2.30. The number of hydrogen-bond donors (Lipinski definition) is 2. The molecular formula is C58H93O11P. The maximum absolute atomic E-state index is 12.9. The molecule has 0 bridgehead atoms. The van der Waals surface area contributed by atoms with E-state index in [1.165, 1.54) is 25.7 Å². The minimum absolute atomic E-state index is 0.0678. The Kier molecular flexibility index (Phi) is 48.2. The Morgan fingerprint density at radius 3 is 1.27 bits per heavy atom. The predicted octanol–water partition coefficient (Wildman–Crippen LogP) is 15.2. The topological polar surface area (TPSA) is 155 Å². The van der Waals surface area contributed by atoms with E-state index in [9.17, 15) is 28.9 Å². The first-order valence-corrected chi connectivity index (χ1v) is 27.9. The SMILES string of the molecule is CC/C=C\C/C=C\C/C=C\C/C=C\C/C=C\CCCC(=O)OC(COC(=O)CC/C=C\C/C=C\C/C=C\C/C=C\CC)COP(=O)(O)OCC(CO)OC(=O)CCCCCCC/C=C\CCCCCC. The van der Waals surface area contributed by atoms with Gasteiger partial charge >= 0.3 is 25.7 Å². The normalized spacial score (nSPS) is 14.4. The second-order valence-electron chi connectivity index (χ2n) is 16.9. The molecule has 0 saturated carbocycles. The van der Waals surface area contributed by atoms with Gasteiger partial charge in [-0.3, -0.25) is 23.4 Å². The van der Waals surface area contributed by atoms with Crippen molar-refractivity contribution in [2.75, 3.05) is 26.4 Å². The molecule has 0 radical (unpaired) electrons. The van der Waals surface area contributed by atoms with Crippen LogP contribution in [0.4, 0.5) is 0 Å². The van der Waals surface area contributed by atoms with Crippen LogP contribution < -0.4 is 0 Å². The largest absolute Gasteiger partial charge is 0.472 e. The Morgan fingerprint density at radius 2 is 0.786 bits per heavy atom. The van der Waals surface area contributed by atoms with Gasteiger partial charge in [0.2, 0.25) is 0 Å². The van der Waals surface area contributed by atoms with Crippen LogP contribution in [-0.2, 0) is 42.2 Å². The molecule has 3 atom stereocenters. The molecule has 396 valence electrons. The average molecular weight is 997 g/mol. The molecule has 0 saturated heterocycles. The number of aliphatic hydroxyl groups excluding tert-OH is 1. The zero-order valence-electron chi connectivity index (χ0n) is 43.4. The van der Waals surface area contributed by atoms with Gasteiger partial charge in [0.05, 0.1) is 19.8 Å². The maximum atomic E-state index is 12.9. The molecule has 0 aliphatic heterocycles. The number of carbonyl (C=O) groups excluding carboxylic acids is 3. The molecule has 0 aliphatic carbocycles. The third kappa shape index (κ3) is 48.9. The van der Waals surface area contributed by atoms with Gasteiger partial charge in [0.25, 0.3) is 0 Å². The van der Waals surface area contributed by atoms with Crippen LogP contribution in [0.25, 0.3) is 0 Å². The van der Waals surface area contributed by atoms with Gasteiger partial charge in [-0.1, -0.05) is 181 Å². The van der Waals surface area contributed by atoms with Crippen LogP contribution in [0.15, 0.2) is 122 Å². The summed E-state index contributed by atoms with van der Waals surface area (Å²) < 4.78 is 39.2. The van der Waals surface area contributed by atoms with Crippen LogP contribution in [0.5, 0.6) is 0 Å². The number of hydrogen-bond acceptors (Lipinski definition) is 10. The molecule has 0 aliphatic rings. The summed E-state index contributed by atoms with van der Waals surface area (Å²) >= 11 is 0. The quantitative estimate of drug-likeness (QED) is 0.0197. The first-order valence-electron chi connectivity index (χ1n) is 26.4. The van der Waals surface area contributed by atoms with Crippen molar-refractivity contribution >= 4 is 25.7 Å². The maximum Gasteiger partial charge on any atom is 0.472 e. The zero-order chi connectivity index (χ0) is 51.3. The lowest BCUT2D eigenvalue weighted by atomic mass is 10.1. The second kappa shape index (κ2) is 51.2. The standard InChI is InChI=1S/C58H93O11P/c1-4-7-10-13-16-19-22-25-26-27-28-31-34-37-40-43-46-49-58(62)69-55(51-65-56(60)47-44-41-38-35-32-29-23-20-17-14-11-8-5-2)53-67-70(63,64)66-52-54(50-59)68-57(61)48-45-42-39-36-33-30-24-21-18-15-12-9-6-3/h7-8,10-11,16-17,19-21,24-26,28-29,31-32,37-38,40-41,54-55,59H,4-6,9,12-15,18,22-23,27,30,33-36,39,42-53H2,1-3H3,(H,63,64)/b10-7-,11-8-,19-16-,20-17-,24-21-,26-25-,31-28-,32-29-,40-37-,41-38-. The van der Waals surface area contributed by atoms with Crippen LogP contribution in [0, 0.1) is 0 Å². The molecule has 11 nitrogen and oxygen atoms in total. The van der Waals surface area contributed by atoms with Crippen LogP contribution in [0.2, 0.25) is 0 Å². The van der Waals surface area contributed by atoms with E-state index in [0.717, 1.165) is 96.3 Å². The number of esters is 3. The van der Waals surface area contributed by atoms with E-state index in [0.29, 0.717) is 25.7 Å². The molecule has 0 amide bonds. The number of rotatable bonds is 47. The zero-order valence-corrected chi connectivity index (χ0v) is 44.3. The van der Waals surface area contributed by atoms with Crippen molar-refractivity contribution < 1.29 is 52.2 Å². The first kappa shape index (κ1) is 65.9. The molecule has 0 aromatic rings. The highest BCUT2D eigenvalue weighted by Gasteiger charge is 2.28. The number of phosphoric acid groups is 1. The summed E-state index contributed by atoms with van der Waals surface area (Å²) in [7, 11) is -4.78. The van der Waals surface area contributed by atoms with Gasteiger partial charge in [-0.2, -0.15) is 0 Å². The van der Waals surface area contributed by atoms with Crippen molar-refractivity contribution in [3.63, 3.8) is 0 Å². The smallest absolute Gasteiger partial charge is 0.462 e. The van der Waals surface area contributed by atoms with E-state index in [2.05, 4.69) is 118 Å². The summed E-state index contributed by atoms with van der Waals surface area (Å²) in [5, 5.41) is 9.78. The fraction of sp³-hybridized carbons (Fsp3) is 0.603. The molecule has 70 heavy (non-hydrogen) atoms. The number of unbranched alkanes of at least 4 members (excludes halogenated alkanes) is 10. The van der Waals surface area contributed by atoms with E-state index in [1.54, 1.807) is 0 Å².